The molecule has 11 nitrogen and oxygen atoms in total. The zero-order chi connectivity index (χ0) is 22.5. The van der Waals surface area contributed by atoms with Crippen LogP contribution in [0.4, 0.5) is 4.39 Å². The maximum Gasteiger partial charge on any atom is 0.270 e. The number of ether oxygens (including phenoxy) is 3. The molecule has 2 aromatic heterocycles. The lowest BCUT2D eigenvalue weighted by molar-refractivity contribution is -0.0959. The average Bonchev–Trinajstić information content (AvgIpc) is 3.27. The number of methoxy groups -OCH3 is 1. The van der Waals surface area contributed by atoms with Crippen LogP contribution in [0.15, 0.2) is 24.3 Å². The fourth-order valence-electron chi connectivity index (χ4n) is 3.13. The van der Waals surface area contributed by atoms with Crippen molar-refractivity contribution in [1.82, 2.24) is 35.5 Å². The van der Waals surface area contributed by atoms with Crippen LogP contribution in [0.25, 0.3) is 11.5 Å². The molecule has 1 amide bonds. The molecule has 1 fully saturated rings. The van der Waals surface area contributed by atoms with E-state index < -0.39 is 11.7 Å². The molecule has 1 saturated heterocycles. The molecule has 168 valence electrons. The summed E-state index contributed by atoms with van der Waals surface area (Å²) < 4.78 is 29.5. The van der Waals surface area contributed by atoms with Crippen LogP contribution in [0.1, 0.15) is 21.9 Å². The molecule has 0 spiro atoms. The number of halogens is 1. The summed E-state index contributed by atoms with van der Waals surface area (Å²) in [5.41, 5.74) is 1.21. The van der Waals surface area contributed by atoms with Gasteiger partial charge in [-0.2, -0.15) is 4.80 Å². The number of nitrogens with zero attached hydrogens (tertiary/aromatic N) is 6. The summed E-state index contributed by atoms with van der Waals surface area (Å²) in [6.45, 7) is 3.81. The summed E-state index contributed by atoms with van der Waals surface area (Å²) >= 11 is 0. The summed E-state index contributed by atoms with van der Waals surface area (Å²) in [6, 6.07) is 5.87. The van der Waals surface area contributed by atoms with Gasteiger partial charge in [-0.05, 0) is 35.9 Å². The van der Waals surface area contributed by atoms with Gasteiger partial charge in [0.05, 0.1) is 33.5 Å². The van der Waals surface area contributed by atoms with Crippen LogP contribution in [-0.4, -0.2) is 69.1 Å². The first kappa shape index (κ1) is 21.7. The Hall–Kier alpha value is -3.51. The van der Waals surface area contributed by atoms with Crippen molar-refractivity contribution in [2.75, 3.05) is 26.9 Å². The third-order valence-corrected chi connectivity index (χ3v) is 4.67. The minimum atomic E-state index is -0.471. The van der Waals surface area contributed by atoms with Gasteiger partial charge in [0.1, 0.15) is 23.3 Å². The Morgan fingerprint density at radius 2 is 2.19 bits per heavy atom. The van der Waals surface area contributed by atoms with Crippen LogP contribution < -0.4 is 10.1 Å². The standard InChI is InChI=1S/C20H22FN7O4/c1-12-23-16(19-25-27-28(26-19)10-14-11-31-5-6-32-14)8-17(24-12)20(29)22-9-13-3-4-15(21)18(7-13)30-2/h3-4,7-8,14H,5-6,9-11H2,1-2H3,(H,22,29)/t14-/m0/s1. The lowest BCUT2D eigenvalue weighted by Crippen LogP contribution is -2.33. The summed E-state index contributed by atoms with van der Waals surface area (Å²) in [7, 11) is 1.38. The first-order valence-electron chi connectivity index (χ1n) is 9.95. The zero-order valence-corrected chi connectivity index (χ0v) is 17.6. The third-order valence-electron chi connectivity index (χ3n) is 4.67. The molecule has 1 aromatic carbocycles. The highest BCUT2D eigenvalue weighted by molar-refractivity contribution is 5.93. The van der Waals surface area contributed by atoms with E-state index in [0.29, 0.717) is 43.4 Å². The second-order valence-corrected chi connectivity index (χ2v) is 7.07. The number of aryl methyl sites for hydroxylation is 1. The van der Waals surface area contributed by atoms with Gasteiger partial charge in [-0.25, -0.2) is 14.4 Å². The first-order chi connectivity index (χ1) is 15.5. The van der Waals surface area contributed by atoms with E-state index in [1.807, 2.05) is 0 Å². The third kappa shape index (κ3) is 5.21. The second kappa shape index (κ2) is 9.75. The Labute approximate surface area is 182 Å². The van der Waals surface area contributed by atoms with E-state index >= 15 is 0 Å². The Kier molecular flexibility index (Phi) is 6.61. The van der Waals surface area contributed by atoms with Crippen LogP contribution >= 0.6 is 0 Å². The number of amides is 1. The minimum absolute atomic E-state index is 0.108. The molecule has 1 atom stereocenters. The molecular weight excluding hydrogens is 421 g/mol. The Morgan fingerprint density at radius 1 is 1.31 bits per heavy atom. The topological polar surface area (TPSA) is 126 Å². The Balaban J connectivity index is 1.44. The molecule has 12 heteroatoms. The van der Waals surface area contributed by atoms with E-state index in [4.69, 9.17) is 14.2 Å². The van der Waals surface area contributed by atoms with E-state index in [1.54, 1.807) is 13.0 Å². The first-order valence-corrected chi connectivity index (χ1v) is 9.95. The smallest absolute Gasteiger partial charge is 0.270 e. The molecule has 1 aliphatic heterocycles. The summed E-state index contributed by atoms with van der Waals surface area (Å²) in [4.78, 5) is 22.6. The Bertz CT molecular complexity index is 1100. The van der Waals surface area contributed by atoms with Gasteiger partial charge in [0.2, 0.25) is 5.82 Å². The number of tetrazole rings is 1. The van der Waals surface area contributed by atoms with Gasteiger partial charge in [-0.15, -0.1) is 10.2 Å². The number of benzene rings is 1. The van der Waals surface area contributed by atoms with Crippen LogP contribution in [0.2, 0.25) is 0 Å². The van der Waals surface area contributed by atoms with E-state index in [-0.39, 0.29) is 29.9 Å². The highest BCUT2D eigenvalue weighted by Gasteiger charge is 2.19. The molecule has 3 aromatic rings. The normalized spacial score (nSPS) is 16.0. The second-order valence-electron chi connectivity index (χ2n) is 7.07. The quantitative estimate of drug-likeness (QED) is 0.567. The predicted octanol–water partition coefficient (Wildman–Crippen LogP) is 0.932. The average molecular weight is 443 g/mol. The SMILES string of the molecule is COc1cc(CNC(=O)c2cc(-c3nnn(C[C@H]4COCCO4)n3)nc(C)n2)ccc1F. The van der Waals surface area contributed by atoms with Gasteiger partial charge in [-0.3, -0.25) is 4.79 Å². The molecule has 0 radical (unpaired) electrons. The number of hydrogen-bond acceptors (Lipinski definition) is 9. The Morgan fingerprint density at radius 3 is 2.97 bits per heavy atom. The maximum absolute atomic E-state index is 13.6. The summed E-state index contributed by atoms with van der Waals surface area (Å²) in [6.07, 6.45) is -0.149. The fraction of sp³-hybridized carbons (Fsp3) is 0.400. The highest BCUT2D eigenvalue weighted by atomic mass is 19.1. The molecule has 0 bridgehead atoms. The van der Waals surface area contributed by atoms with Crippen LogP contribution in [0, 0.1) is 12.7 Å². The van der Waals surface area contributed by atoms with Crippen molar-refractivity contribution in [3.8, 4) is 17.3 Å². The number of aromatic nitrogens is 6. The van der Waals surface area contributed by atoms with E-state index in [2.05, 4.69) is 30.7 Å². The van der Waals surface area contributed by atoms with Crippen molar-refractivity contribution in [2.45, 2.75) is 26.1 Å². The van der Waals surface area contributed by atoms with E-state index in [0.717, 1.165) is 0 Å². The van der Waals surface area contributed by atoms with Crippen molar-refractivity contribution in [3.05, 3.63) is 47.2 Å². The monoisotopic (exact) mass is 443 g/mol. The van der Waals surface area contributed by atoms with Crippen molar-refractivity contribution < 1.29 is 23.4 Å². The van der Waals surface area contributed by atoms with Crippen LogP contribution in [-0.2, 0) is 22.6 Å². The number of nitrogens with one attached hydrogen (secondary N) is 1. The van der Waals surface area contributed by atoms with E-state index in [9.17, 15) is 9.18 Å². The van der Waals surface area contributed by atoms with E-state index in [1.165, 1.54) is 30.1 Å². The molecule has 0 saturated carbocycles. The molecule has 3 heterocycles. The molecule has 0 unspecified atom stereocenters. The summed E-state index contributed by atoms with van der Waals surface area (Å²) in [5, 5.41) is 15.1. The minimum Gasteiger partial charge on any atom is -0.494 e. The largest absolute Gasteiger partial charge is 0.494 e. The molecule has 32 heavy (non-hydrogen) atoms. The van der Waals surface area contributed by atoms with Gasteiger partial charge in [-0.1, -0.05) is 6.07 Å². The van der Waals surface area contributed by atoms with Crippen molar-refractivity contribution in [2.24, 2.45) is 0 Å². The summed E-state index contributed by atoms with van der Waals surface area (Å²) in [5.74, 6) is -0.126. The predicted molar refractivity (Wildman–Crippen MR) is 108 cm³/mol. The number of carbonyl (C=O) groups is 1. The van der Waals surface area contributed by atoms with Gasteiger partial charge < -0.3 is 19.5 Å². The number of hydrogen-bond donors (Lipinski definition) is 1. The van der Waals surface area contributed by atoms with Crippen molar-refractivity contribution >= 4 is 5.91 Å². The molecule has 1 aliphatic rings. The maximum atomic E-state index is 13.6. The van der Waals surface area contributed by atoms with Gasteiger partial charge in [0.15, 0.2) is 11.6 Å². The van der Waals surface area contributed by atoms with Crippen molar-refractivity contribution in [1.29, 1.82) is 0 Å². The van der Waals surface area contributed by atoms with Crippen LogP contribution in [0.5, 0.6) is 5.75 Å². The lowest BCUT2D eigenvalue weighted by atomic mass is 10.2. The van der Waals surface area contributed by atoms with Crippen LogP contribution in [0.3, 0.4) is 0 Å². The van der Waals surface area contributed by atoms with Gasteiger partial charge >= 0.3 is 0 Å². The zero-order valence-electron chi connectivity index (χ0n) is 17.6. The molecule has 4 rings (SSSR count). The molecule has 0 aliphatic carbocycles. The van der Waals surface area contributed by atoms with Crippen molar-refractivity contribution in [3.63, 3.8) is 0 Å². The number of carbonyl (C=O) groups excluding carboxylic acids is 1. The lowest BCUT2D eigenvalue weighted by Gasteiger charge is -2.21. The van der Waals surface area contributed by atoms with Gasteiger partial charge in [0, 0.05) is 6.54 Å². The van der Waals surface area contributed by atoms with Gasteiger partial charge in [0.25, 0.3) is 5.91 Å². The highest BCUT2D eigenvalue weighted by Crippen LogP contribution is 2.18. The molecular formula is C20H22FN7O4. The fourth-order valence-corrected chi connectivity index (χ4v) is 3.13. The molecule has 1 N–H and O–H groups in total. The number of rotatable bonds is 7.